The number of carbonyl (C=O) groups is 1. The van der Waals surface area contributed by atoms with Gasteiger partial charge in [0.15, 0.2) is 0 Å². The zero-order chi connectivity index (χ0) is 19.7. The minimum Gasteiger partial charge on any atom is -0.495 e. The van der Waals surface area contributed by atoms with Gasteiger partial charge in [0.2, 0.25) is 0 Å². The molecule has 0 atom stereocenters. The van der Waals surface area contributed by atoms with Gasteiger partial charge in [-0.25, -0.2) is 4.98 Å². The molecule has 0 saturated carbocycles. The van der Waals surface area contributed by atoms with Crippen molar-refractivity contribution in [1.29, 1.82) is 0 Å². The van der Waals surface area contributed by atoms with Crippen molar-refractivity contribution < 1.29 is 9.53 Å². The molecule has 1 heterocycles. The quantitative estimate of drug-likeness (QED) is 0.555. The molecule has 0 saturated heterocycles. The second-order valence-corrected chi connectivity index (χ2v) is 6.58. The molecule has 0 fully saturated rings. The number of carbonyl (C=O) groups excluding carboxylic acids is 1. The molecule has 1 aromatic heterocycles. The average molecular weight is 371 g/mol. The van der Waals surface area contributed by atoms with Crippen LogP contribution in [-0.4, -0.2) is 22.6 Å². The summed E-state index contributed by atoms with van der Waals surface area (Å²) in [6.45, 7) is 3.78. The normalized spacial score (nSPS) is 10.8. The lowest BCUT2D eigenvalue weighted by atomic mass is 10.1. The summed E-state index contributed by atoms with van der Waals surface area (Å²) >= 11 is 0. The third-order valence-corrected chi connectivity index (χ3v) is 4.85. The van der Waals surface area contributed by atoms with Crippen molar-refractivity contribution in [1.82, 2.24) is 9.55 Å². The predicted octanol–water partition coefficient (Wildman–Crippen LogP) is 4.90. The lowest BCUT2D eigenvalue weighted by molar-refractivity contribution is 0.102. The number of nitrogens with one attached hydrogen (secondary N) is 1. The molecule has 1 amide bonds. The van der Waals surface area contributed by atoms with Crippen molar-refractivity contribution in [2.24, 2.45) is 0 Å². The van der Waals surface area contributed by atoms with E-state index >= 15 is 0 Å². The molecule has 0 aliphatic carbocycles. The molecule has 0 unspecified atom stereocenters. The molecule has 0 aliphatic rings. The highest BCUT2D eigenvalue weighted by Gasteiger charge is 2.20. The number of ether oxygens (including phenoxy) is 1. The summed E-state index contributed by atoms with van der Waals surface area (Å²) in [7, 11) is 1.63. The van der Waals surface area contributed by atoms with E-state index < -0.39 is 0 Å². The number of para-hydroxylation sites is 2. The van der Waals surface area contributed by atoms with Gasteiger partial charge in [0.05, 0.1) is 18.5 Å². The molecule has 0 bridgehead atoms. The fourth-order valence-corrected chi connectivity index (χ4v) is 3.54. The predicted molar refractivity (Wildman–Crippen MR) is 111 cm³/mol. The Hall–Kier alpha value is -3.60. The number of rotatable bonds is 4. The summed E-state index contributed by atoms with van der Waals surface area (Å²) in [5, 5.41) is 5.09. The van der Waals surface area contributed by atoms with E-state index in [1.165, 1.54) is 0 Å². The van der Waals surface area contributed by atoms with E-state index in [0.717, 1.165) is 39.4 Å². The van der Waals surface area contributed by atoms with Crippen LogP contribution in [0, 0.1) is 13.8 Å². The molecule has 140 valence electrons. The lowest BCUT2D eigenvalue weighted by Gasteiger charge is -2.12. The van der Waals surface area contributed by atoms with Crippen molar-refractivity contribution in [3.05, 3.63) is 83.9 Å². The summed E-state index contributed by atoms with van der Waals surface area (Å²) in [6, 6.07) is 21.5. The molecule has 4 rings (SSSR count). The zero-order valence-electron chi connectivity index (χ0n) is 16.1. The van der Waals surface area contributed by atoms with Crippen LogP contribution in [-0.2, 0) is 0 Å². The number of aryl methyl sites for hydroxylation is 1. The number of aromatic nitrogens is 2. The molecule has 3 aromatic carbocycles. The first-order valence-corrected chi connectivity index (χ1v) is 9.08. The maximum atomic E-state index is 13.0. The maximum Gasteiger partial charge on any atom is 0.276 e. The summed E-state index contributed by atoms with van der Waals surface area (Å²) in [6.07, 6.45) is 0. The molecular weight excluding hydrogens is 350 g/mol. The highest BCUT2D eigenvalue weighted by Crippen LogP contribution is 2.28. The van der Waals surface area contributed by atoms with E-state index in [9.17, 15) is 4.79 Å². The fourth-order valence-electron chi connectivity index (χ4n) is 3.54. The van der Waals surface area contributed by atoms with Crippen molar-refractivity contribution in [2.75, 3.05) is 12.4 Å². The van der Waals surface area contributed by atoms with Gasteiger partial charge in [0, 0.05) is 11.1 Å². The summed E-state index contributed by atoms with van der Waals surface area (Å²) < 4.78 is 7.42. The molecular formula is C23H21N3O2. The van der Waals surface area contributed by atoms with Crippen LogP contribution in [0.3, 0.4) is 0 Å². The minimum absolute atomic E-state index is 0.231. The van der Waals surface area contributed by atoms with E-state index in [0.29, 0.717) is 5.69 Å². The van der Waals surface area contributed by atoms with Gasteiger partial charge >= 0.3 is 0 Å². The van der Waals surface area contributed by atoms with Crippen LogP contribution in [0.2, 0.25) is 0 Å². The highest BCUT2D eigenvalue weighted by atomic mass is 16.5. The maximum absolute atomic E-state index is 13.0. The summed E-state index contributed by atoms with van der Waals surface area (Å²) in [5.74, 6) is 1.22. The minimum atomic E-state index is -0.231. The van der Waals surface area contributed by atoms with Crippen LogP contribution >= 0.6 is 0 Å². The van der Waals surface area contributed by atoms with Crippen LogP contribution in [0.1, 0.15) is 22.0 Å². The van der Waals surface area contributed by atoms with Crippen molar-refractivity contribution in [2.45, 2.75) is 13.8 Å². The van der Waals surface area contributed by atoms with E-state index in [2.05, 4.69) is 10.3 Å². The van der Waals surface area contributed by atoms with Gasteiger partial charge in [-0.3, -0.25) is 9.36 Å². The molecule has 1 N–H and O–H groups in total. The van der Waals surface area contributed by atoms with Gasteiger partial charge in [-0.05, 0) is 37.4 Å². The third kappa shape index (κ3) is 3.01. The van der Waals surface area contributed by atoms with Crippen LogP contribution < -0.4 is 10.1 Å². The van der Waals surface area contributed by atoms with E-state index in [1.807, 2.05) is 85.1 Å². The largest absolute Gasteiger partial charge is 0.495 e. The Balaban J connectivity index is 1.73. The monoisotopic (exact) mass is 371 g/mol. The smallest absolute Gasteiger partial charge is 0.276 e. The Morgan fingerprint density at radius 1 is 0.964 bits per heavy atom. The Bertz CT molecular complexity index is 1170. The summed E-state index contributed by atoms with van der Waals surface area (Å²) in [5.41, 5.74) is 2.79. The molecule has 0 radical (unpaired) electrons. The molecule has 5 heteroatoms. The molecule has 4 aromatic rings. The first-order chi connectivity index (χ1) is 13.6. The zero-order valence-corrected chi connectivity index (χ0v) is 16.1. The van der Waals surface area contributed by atoms with Crippen LogP contribution in [0.25, 0.3) is 16.5 Å². The van der Waals surface area contributed by atoms with E-state index in [1.54, 1.807) is 7.11 Å². The lowest BCUT2D eigenvalue weighted by Crippen LogP contribution is -2.14. The van der Waals surface area contributed by atoms with Crippen LogP contribution in [0.5, 0.6) is 5.75 Å². The number of nitrogens with zero attached hydrogens (tertiary/aromatic N) is 2. The van der Waals surface area contributed by atoms with Gasteiger partial charge in [-0.15, -0.1) is 0 Å². The number of benzene rings is 3. The van der Waals surface area contributed by atoms with Crippen molar-refractivity contribution in [3.8, 4) is 11.4 Å². The van der Waals surface area contributed by atoms with Gasteiger partial charge < -0.3 is 10.1 Å². The Morgan fingerprint density at radius 2 is 1.68 bits per heavy atom. The number of hydrogen-bond donors (Lipinski definition) is 1. The summed E-state index contributed by atoms with van der Waals surface area (Å²) in [4.78, 5) is 17.5. The van der Waals surface area contributed by atoms with E-state index in [-0.39, 0.29) is 5.91 Å². The molecule has 5 nitrogen and oxygen atoms in total. The average Bonchev–Trinajstić information content (AvgIpc) is 3.02. The second-order valence-electron chi connectivity index (χ2n) is 6.58. The SMILES string of the molecule is COc1ccccc1-n1c(C)nc(C(=O)Nc2cccc3ccccc23)c1C. The number of imidazole rings is 1. The van der Waals surface area contributed by atoms with Crippen LogP contribution in [0.4, 0.5) is 5.69 Å². The first-order valence-electron chi connectivity index (χ1n) is 9.08. The Labute approximate surface area is 163 Å². The number of fused-ring (bicyclic) bond motifs is 1. The van der Waals surface area contributed by atoms with E-state index in [4.69, 9.17) is 4.74 Å². The molecule has 0 aliphatic heterocycles. The number of anilines is 1. The molecule has 0 spiro atoms. The number of methoxy groups -OCH3 is 1. The Kier molecular flexibility index (Phi) is 4.57. The topological polar surface area (TPSA) is 56.2 Å². The second kappa shape index (κ2) is 7.19. The van der Waals surface area contributed by atoms with Crippen LogP contribution in [0.15, 0.2) is 66.7 Å². The van der Waals surface area contributed by atoms with Gasteiger partial charge in [0.1, 0.15) is 17.3 Å². The van der Waals surface area contributed by atoms with Gasteiger partial charge in [0.25, 0.3) is 5.91 Å². The van der Waals surface area contributed by atoms with Crippen molar-refractivity contribution in [3.63, 3.8) is 0 Å². The number of hydrogen-bond acceptors (Lipinski definition) is 3. The van der Waals surface area contributed by atoms with Crippen molar-refractivity contribution >= 4 is 22.4 Å². The third-order valence-electron chi connectivity index (χ3n) is 4.85. The van der Waals surface area contributed by atoms with Gasteiger partial charge in [-0.1, -0.05) is 48.5 Å². The fraction of sp³-hybridized carbons (Fsp3) is 0.130. The Morgan fingerprint density at radius 3 is 2.50 bits per heavy atom. The highest BCUT2D eigenvalue weighted by molar-refractivity contribution is 6.08. The standard InChI is InChI=1S/C23H21N3O2/c1-15-22(24-16(2)26(15)20-13-6-7-14-21(20)28-3)23(27)25-19-12-8-10-17-9-4-5-11-18(17)19/h4-14H,1-3H3,(H,25,27). The number of amides is 1. The van der Waals surface area contributed by atoms with Gasteiger partial charge in [-0.2, -0.15) is 0 Å². The molecule has 28 heavy (non-hydrogen) atoms. The first kappa shape index (κ1) is 17.8.